The van der Waals surface area contributed by atoms with E-state index < -0.39 is 0 Å². The third-order valence-electron chi connectivity index (χ3n) is 3.82. The van der Waals surface area contributed by atoms with Crippen LogP contribution in [0.25, 0.3) is 0 Å². The van der Waals surface area contributed by atoms with Crippen molar-refractivity contribution in [2.45, 2.75) is 26.4 Å². The number of nitrogens with one attached hydrogen (secondary N) is 1. The van der Waals surface area contributed by atoms with Crippen LogP contribution in [0.3, 0.4) is 0 Å². The quantitative estimate of drug-likeness (QED) is 0.422. The molecule has 2 aromatic rings. The van der Waals surface area contributed by atoms with Gasteiger partial charge >= 0.3 is 0 Å². The van der Waals surface area contributed by atoms with Crippen LogP contribution in [0.15, 0.2) is 33.8 Å². The van der Waals surface area contributed by atoms with Gasteiger partial charge in [0, 0.05) is 26.7 Å². The summed E-state index contributed by atoms with van der Waals surface area (Å²) in [5.41, 5.74) is 2.08. The van der Waals surface area contributed by atoms with Gasteiger partial charge in [-0.3, -0.25) is 4.99 Å². The highest BCUT2D eigenvalue weighted by atomic mass is 127. The summed E-state index contributed by atoms with van der Waals surface area (Å²) in [5, 5.41) is 7.27. The molecule has 0 radical (unpaired) electrons. The van der Waals surface area contributed by atoms with E-state index in [1.54, 1.807) is 7.05 Å². The zero-order chi connectivity index (χ0) is 16.9. The van der Waals surface area contributed by atoms with Gasteiger partial charge in [0.05, 0.1) is 12.2 Å². The highest BCUT2D eigenvalue weighted by Gasteiger charge is 2.15. The zero-order valence-corrected chi connectivity index (χ0v) is 16.9. The number of hydrogen-bond acceptors (Lipinski definition) is 5. The van der Waals surface area contributed by atoms with Crippen molar-refractivity contribution < 1.29 is 14.0 Å². The smallest absolute Gasteiger partial charge is 0.231 e. The monoisotopic (exact) mass is 458 g/mol. The first-order valence-electron chi connectivity index (χ1n) is 7.94. The predicted molar refractivity (Wildman–Crippen MR) is 106 cm³/mol. The maximum absolute atomic E-state index is 5.42. The molecule has 3 rings (SSSR count). The minimum absolute atomic E-state index is 0. The Balaban J connectivity index is 0.00000225. The molecule has 0 fully saturated rings. The van der Waals surface area contributed by atoms with Crippen molar-refractivity contribution in [2.75, 3.05) is 20.9 Å². The molecule has 0 atom stereocenters. The molecule has 8 heteroatoms. The van der Waals surface area contributed by atoms with E-state index in [0.29, 0.717) is 13.1 Å². The Morgan fingerprint density at radius 2 is 2.08 bits per heavy atom. The number of guanidine groups is 1. The summed E-state index contributed by atoms with van der Waals surface area (Å²) in [6.07, 6.45) is 0.863. The normalized spacial score (nSPS) is 12.7. The number of hydrogen-bond donors (Lipinski definition) is 1. The van der Waals surface area contributed by atoms with Crippen LogP contribution in [0, 0.1) is 0 Å². The number of benzene rings is 1. The number of rotatable bonds is 5. The highest BCUT2D eigenvalue weighted by molar-refractivity contribution is 14.0. The van der Waals surface area contributed by atoms with Gasteiger partial charge in [0.1, 0.15) is 0 Å². The van der Waals surface area contributed by atoms with E-state index in [4.69, 9.17) is 14.0 Å². The number of nitrogens with zero attached hydrogens (tertiary/aromatic N) is 3. The number of fused-ring (bicyclic) bond motifs is 1. The van der Waals surface area contributed by atoms with Gasteiger partial charge in [-0.15, -0.1) is 24.0 Å². The highest BCUT2D eigenvalue weighted by Crippen LogP contribution is 2.32. The minimum atomic E-state index is 0. The van der Waals surface area contributed by atoms with Crippen LogP contribution in [0.2, 0.25) is 0 Å². The number of halogens is 1. The number of aromatic nitrogens is 1. The van der Waals surface area contributed by atoms with Gasteiger partial charge in [-0.05, 0) is 24.1 Å². The van der Waals surface area contributed by atoms with Crippen LogP contribution < -0.4 is 14.8 Å². The molecule has 136 valence electrons. The lowest BCUT2D eigenvalue weighted by molar-refractivity contribution is 0.174. The molecule has 0 saturated carbocycles. The molecule has 1 aromatic heterocycles. The fourth-order valence-corrected chi connectivity index (χ4v) is 2.54. The molecule has 0 unspecified atom stereocenters. The number of aliphatic imine (C=N–C) groups is 1. The minimum Gasteiger partial charge on any atom is -0.454 e. The van der Waals surface area contributed by atoms with Gasteiger partial charge in [-0.2, -0.15) is 0 Å². The van der Waals surface area contributed by atoms with E-state index in [9.17, 15) is 0 Å². The fraction of sp³-hybridized carbons (Fsp3) is 0.412. The molecule has 0 bridgehead atoms. The molecule has 1 aliphatic heterocycles. The molecule has 0 aliphatic carbocycles. The molecule has 1 aromatic carbocycles. The third kappa shape index (κ3) is 4.77. The number of aryl methyl sites for hydroxylation is 1. The average Bonchev–Trinajstić information content (AvgIpc) is 3.23. The Labute approximate surface area is 164 Å². The SMILES string of the molecule is CCc1cc(CNC(=NC)N(C)Cc2ccc3c(c2)OCO3)on1.I. The van der Waals surface area contributed by atoms with Crippen molar-refractivity contribution in [3.05, 3.63) is 41.3 Å². The zero-order valence-electron chi connectivity index (χ0n) is 14.6. The summed E-state index contributed by atoms with van der Waals surface area (Å²) in [7, 11) is 3.74. The average molecular weight is 458 g/mol. The summed E-state index contributed by atoms with van der Waals surface area (Å²) in [4.78, 5) is 6.35. The predicted octanol–water partition coefficient (Wildman–Crippen LogP) is 2.79. The third-order valence-corrected chi connectivity index (χ3v) is 3.82. The molecule has 7 nitrogen and oxygen atoms in total. The second-order valence-corrected chi connectivity index (χ2v) is 5.58. The molecule has 2 heterocycles. The maximum Gasteiger partial charge on any atom is 0.231 e. The standard InChI is InChI=1S/C17H22N4O3.HI/c1-4-13-8-14(24-20-13)9-19-17(18-2)21(3)10-12-5-6-15-16(7-12)23-11-22-15;/h5-8H,4,9-11H2,1-3H3,(H,18,19);1H. The summed E-state index contributed by atoms with van der Waals surface area (Å²) in [6, 6.07) is 7.91. The van der Waals surface area contributed by atoms with Gasteiger partial charge in [-0.25, -0.2) is 0 Å². The summed E-state index contributed by atoms with van der Waals surface area (Å²) < 4.78 is 16.0. The summed E-state index contributed by atoms with van der Waals surface area (Å²) >= 11 is 0. The molecular formula is C17H23IN4O3. The van der Waals surface area contributed by atoms with Crippen molar-refractivity contribution in [1.82, 2.24) is 15.4 Å². The molecule has 25 heavy (non-hydrogen) atoms. The Kier molecular flexibility index (Phi) is 6.91. The maximum atomic E-state index is 5.42. The second-order valence-electron chi connectivity index (χ2n) is 5.58. The Morgan fingerprint density at radius 3 is 2.80 bits per heavy atom. The van der Waals surface area contributed by atoms with E-state index in [1.165, 1.54) is 0 Å². The molecule has 1 aliphatic rings. The first-order chi connectivity index (χ1) is 11.7. The first kappa shape index (κ1) is 19.4. The van der Waals surface area contributed by atoms with Crippen LogP contribution in [-0.2, 0) is 19.5 Å². The topological polar surface area (TPSA) is 72.1 Å². The Hall–Kier alpha value is -1.97. The lowest BCUT2D eigenvalue weighted by atomic mass is 10.2. The van der Waals surface area contributed by atoms with Gasteiger partial charge in [0.2, 0.25) is 6.79 Å². The molecule has 0 amide bonds. The Morgan fingerprint density at radius 1 is 1.28 bits per heavy atom. The lowest BCUT2D eigenvalue weighted by Gasteiger charge is -2.21. The van der Waals surface area contributed by atoms with Gasteiger partial charge in [-0.1, -0.05) is 18.1 Å². The Bertz CT molecular complexity index is 732. The second kappa shape index (κ2) is 8.93. The van der Waals surface area contributed by atoms with Crippen LogP contribution in [0.5, 0.6) is 11.5 Å². The van der Waals surface area contributed by atoms with Crippen molar-refractivity contribution >= 4 is 29.9 Å². The van der Waals surface area contributed by atoms with Crippen molar-refractivity contribution in [1.29, 1.82) is 0 Å². The van der Waals surface area contributed by atoms with E-state index in [2.05, 4.69) is 15.5 Å². The molecular weight excluding hydrogens is 435 g/mol. The van der Waals surface area contributed by atoms with Gasteiger partial charge in [0.25, 0.3) is 0 Å². The van der Waals surface area contributed by atoms with Crippen molar-refractivity contribution in [3.8, 4) is 11.5 Å². The van der Waals surface area contributed by atoms with Gasteiger partial charge in [0.15, 0.2) is 23.2 Å². The van der Waals surface area contributed by atoms with E-state index in [1.807, 2.05) is 43.1 Å². The molecule has 0 spiro atoms. The van der Waals surface area contributed by atoms with Crippen LogP contribution in [0.1, 0.15) is 23.9 Å². The van der Waals surface area contributed by atoms with Crippen LogP contribution >= 0.6 is 24.0 Å². The van der Waals surface area contributed by atoms with E-state index >= 15 is 0 Å². The van der Waals surface area contributed by atoms with Crippen molar-refractivity contribution in [2.24, 2.45) is 4.99 Å². The number of ether oxygens (including phenoxy) is 2. The summed E-state index contributed by atoms with van der Waals surface area (Å²) in [5.74, 6) is 3.16. The largest absolute Gasteiger partial charge is 0.454 e. The summed E-state index contributed by atoms with van der Waals surface area (Å²) in [6.45, 7) is 3.58. The van der Waals surface area contributed by atoms with Crippen LogP contribution in [-0.4, -0.2) is 36.9 Å². The fourth-order valence-electron chi connectivity index (χ4n) is 2.54. The van der Waals surface area contributed by atoms with Crippen molar-refractivity contribution in [3.63, 3.8) is 0 Å². The molecule has 1 N–H and O–H groups in total. The molecule has 0 saturated heterocycles. The van der Waals surface area contributed by atoms with Crippen LogP contribution in [0.4, 0.5) is 0 Å². The first-order valence-corrected chi connectivity index (χ1v) is 7.94. The van der Waals surface area contributed by atoms with E-state index in [0.717, 1.165) is 40.9 Å². The van der Waals surface area contributed by atoms with E-state index in [-0.39, 0.29) is 30.8 Å². The lowest BCUT2D eigenvalue weighted by Crippen LogP contribution is -2.37. The van der Waals surface area contributed by atoms with Gasteiger partial charge < -0.3 is 24.2 Å².